The van der Waals surface area contributed by atoms with E-state index in [-0.39, 0.29) is 50.5 Å². The Bertz CT molecular complexity index is 1860. The fourth-order valence-electron chi connectivity index (χ4n) is 6.39. The van der Waals surface area contributed by atoms with E-state index in [1.807, 2.05) is 14.1 Å². The van der Waals surface area contributed by atoms with Crippen molar-refractivity contribution in [2.24, 2.45) is 0 Å². The highest BCUT2D eigenvalue weighted by Gasteiger charge is 2.25. The van der Waals surface area contributed by atoms with Crippen LogP contribution in [-0.2, 0) is 35.3 Å². The van der Waals surface area contributed by atoms with Crippen molar-refractivity contribution in [3.05, 3.63) is 59.9 Å². The first kappa shape index (κ1) is 54.8. The number of carboxylic acids is 4. The van der Waals surface area contributed by atoms with Crippen LogP contribution in [0.4, 0.5) is 10.5 Å². The van der Waals surface area contributed by atoms with Crippen LogP contribution in [0.5, 0.6) is 0 Å². The second kappa shape index (κ2) is 31.5. The van der Waals surface area contributed by atoms with E-state index in [0.717, 1.165) is 29.8 Å². The minimum Gasteiger partial charge on any atom is -0.481 e. The molecule has 0 spiro atoms. The van der Waals surface area contributed by atoms with Crippen molar-refractivity contribution >= 4 is 76.9 Å². The van der Waals surface area contributed by atoms with Crippen molar-refractivity contribution in [2.75, 3.05) is 38.6 Å². The molecule has 19 nitrogen and oxygen atoms in total. The second-order valence-corrected chi connectivity index (χ2v) is 16.2. The summed E-state index contributed by atoms with van der Waals surface area (Å²) in [4.78, 5) is 84.1. The summed E-state index contributed by atoms with van der Waals surface area (Å²) >= 11 is 5.38. The monoisotopic (exact) mass is 927 g/mol. The smallest absolute Gasteiger partial charge is 0.326 e. The van der Waals surface area contributed by atoms with Crippen LogP contribution in [0, 0.1) is 0 Å². The number of carboxylic acid groups (broad SMARTS) is 4. The van der Waals surface area contributed by atoms with Crippen molar-refractivity contribution in [1.29, 1.82) is 0 Å². The number of aromatic nitrogens is 1. The first-order chi connectivity index (χ1) is 31.0. The number of aliphatic carboxylic acids is 4. The number of anilines is 1. The summed E-state index contributed by atoms with van der Waals surface area (Å²) in [5.74, 6) is -5.64. The maximum atomic E-state index is 12.4. The van der Waals surface area contributed by atoms with Gasteiger partial charge >= 0.3 is 29.9 Å². The Hall–Kier alpha value is -6.31. The molecule has 0 bridgehead atoms. The van der Waals surface area contributed by atoms with Crippen LogP contribution in [-0.4, -0.2) is 119 Å². The van der Waals surface area contributed by atoms with E-state index in [1.165, 1.54) is 0 Å². The zero-order valence-electron chi connectivity index (χ0n) is 37.4. The van der Waals surface area contributed by atoms with Gasteiger partial charge in [-0.1, -0.05) is 37.1 Å². The van der Waals surface area contributed by atoms with Crippen molar-refractivity contribution < 1.29 is 58.6 Å². The molecule has 20 heteroatoms. The van der Waals surface area contributed by atoms with E-state index in [4.69, 9.17) is 22.4 Å². The third-order valence-corrected chi connectivity index (χ3v) is 10.5. The van der Waals surface area contributed by atoms with Gasteiger partial charge in [0.15, 0.2) is 17.5 Å². The van der Waals surface area contributed by atoms with E-state index in [1.54, 1.807) is 0 Å². The molecule has 0 aliphatic rings. The molecule has 0 saturated carbocycles. The number of hydrogen-bond acceptors (Lipinski definition) is 9. The highest BCUT2D eigenvalue weighted by molar-refractivity contribution is 7.80. The molecule has 0 aliphatic carbocycles. The average molecular weight is 928 g/mol. The Balaban J connectivity index is 1.49. The Morgan fingerprint density at radius 1 is 0.569 bits per heavy atom. The topological polar surface area (TPSA) is 280 Å². The number of aryl methyl sites for hydroxylation is 1. The summed E-state index contributed by atoms with van der Waals surface area (Å²) < 4.78 is 2.12. The highest BCUT2D eigenvalue weighted by atomic mass is 32.1. The molecule has 1 aromatic heterocycles. The number of unbranched alkanes of at least 4 members (excludes halogenated alkanes) is 5. The first-order valence-electron chi connectivity index (χ1n) is 22.0. The third kappa shape index (κ3) is 25.5. The van der Waals surface area contributed by atoms with E-state index in [2.05, 4.69) is 102 Å². The van der Waals surface area contributed by atoms with Gasteiger partial charge in [0.2, 0.25) is 11.8 Å². The maximum absolute atomic E-state index is 12.4. The maximum Gasteiger partial charge on any atom is 0.326 e. The number of carbonyl (C=O) groups excluding carboxylic acids is 3. The van der Waals surface area contributed by atoms with E-state index >= 15 is 0 Å². The standard InChI is InChI=1S/C45H66N8O11S/c1-52(2)34-20-18-32(19-21-34)16-17-33-24-30-53(31-25-33)29-11-28-48-45(65)47-27-10-8-12-35(41(58)59)49-39(55)15-6-4-3-5-14-38(54)46-26-9-7-13-36(42(60)61)50-44(64)51-37(43(62)63)22-23-40(56)57/h16-21,24-25,30-31,35-37H,3-15,22-23,26-29H2,1-2H3,(H9-,46,47,48,49,50,51,54,55,56,57,58,59,60,61,62,63,64,65)/p+1/t35?,36-,37-/m0/s1. The van der Waals surface area contributed by atoms with Gasteiger partial charge in [0.1, 0.15) is 24.7 Å². The number of hydrogen-bond donors (Lipinski definition) is 10. The van der Waals surface area contributed by atoms with Crippen molar-refractivity contribution in [3.63, 3.8) is 0 Å². The Morgan fingerprint density at radius 2 is 1.05 bits per heavy atom. The summed E-state index contributed by atoms with van der Waals surface area (Å²) in [6.07, 6.45) is 13.5. The summed E-state index contributed by atoms with van der Waals surface area (Å²) in [6, 6.07) is 7.69. The molecule has 0 fully saturated rings. The van der Waals surface area contributed by atoms with Crippen LogP contribution < -0.4 is 41.4 Å². The predicted octanol–water partition coefficient (Wildman–Crippen LogP) is 3.50. The zero-order valence-corrected chi connectivity index (χ0v) is 38.2. The number of pyridine rings is 1. The molecule has 358 valence electrons. The molecule has 1 unspecified atom stereocenters. The van der Waals surface area contributed by atoms with Crippen LogP contribution in [0.3, 0.4) is 0 Å². The zero-order chi connectivity index (χ0) is 48.0. The molecular weight excluding hydrogens is 861 g/mol. The number of benzene rings is 1. The van der Waals surface area contributed by atoms with Gasteiger partial charge in [0.25, 0.3) is 0 Å². The summed E-state index contributed by atoms with van der Waals surface area (Å²) in [7, 11) is 4.04. The van der Waals surface area contributed by atoms with Gasteiger partial charge < -0.3 is 57.2 Å². The fourth-order valence-corrected chi connectivity index (χ4v) is 6.59. The molecule has 4 amide bonds. The van der Waals surface area contributed by atoms with Crippen LogP contribution in [0.15, 0.2) is 48.8 Å². The van der Waals surface area contributed by atoms with Crippen molar-refractivity contribution in [1.82, 2.24) is 31.9 Å². The molecule has 2 rings (SSSR count). The number of rotatable bonds is 33. The SMILES string of the molecule is CN(C)c1ccc(/C=C/c2cc[n+](CCCNC(=S)NCCCCC(NC(=O)CCCCCCC(=O)NCCCC[C@H](NC(=O)N[C@@H](CCC(=O)O)C(=O)O)C(=O)O)C(=O)O)cc2)cc1. The number of carbonyl (C=O) groups is 7. The van der Waals surface area contributed by atoms with E-state index < -0.39 is 54.5 Å². The Kier molecular flexibility index (Phi) is 26.6. The van der Waals surface area contributed by atoms with Crippen molar-refractivity contribution in [2.45, 2.75) is 121 Å². The Labute approximate surface area is 385 Å². The molecule has 10 N–H and O–H groups in total. The van der Waals surface area contributed by atoms with Crippen LogP contribution >= 0.6 is 12.2 Å². The molecule has 0 radical (unpaired) electrons. The van der Waals surface area contributed by atoms with Gasteiger partial charge in [-0.15, -0.1) is 0 Å². The van der Waals surface area contributed by atoms with Gasteiger partial charge in [0, 0.05) is 77.2 Å². The van der Waals surface area contributed by atoms with Gasteiger partial charge in [-0.25, -0.2) is 23.7 Å². The lowest BCUT2D eigenvalue weighted by Gasteiger charge is -2.18. The molecule has 0 saturated heterocycles. The molecular formula is C45H67N8O11S+. The average Bonchev–Trinajstić information content (AvgIpc) is 3.26. The molecule has 65 heavy (non-hydrogen) atoms. The minimum absolute atomic E-state index is 0.0167. The van der Waals surface area contributed by atoms with Gasteiger partial charge in [-0.2, -0.15) is 0 Å². The quantitative estimate of drug-likeness (QED) is 0.0279. The molecule has 1 aromatic carbocycles. The summed E-state index contributed by atoms with van der Waals surface area (Å²) in [5, 5.41) is 53.4. The lowest BCUT2D eigenvalue weighted by molar-refractivity contribution is -0.697. The largest absolute Gasteiger partial charge is 0.481 e. The van der Waals surface area contributed by atoms with Crippen LogP contribution in [0.2, 0.25) is 0 Å². The lowest BCUT2D eigenvalue weighted by atomic mass is 10.1. The number of thiocarbonyl (C=S) groups is 1. The lowest BCUT2D eigenvalue weighted by Crippen LogP contribution is -2.51. The second-order valence-electron chi connectivity index (χ2n) is 15.8. The van der Waals surface area contributed by atoms with Gasteiger partial charge in [-0.05, 0) is 93.3 Å². The number of amides is 4. The third-order valence-electron chi connectivity index (χ3n) is 10.2. The van der Waals surface area contributed by atoms with E-state index in [0.29, 0.717) is 69.6 Å². The molecule has 1 heterocycles. The normalized spacial score (nSPS) is 12.3. The first-order valence-corrected chi connectivity index (χ1v) is 22.4. The van der Waals surface area contributed by atoms with E-state index in [9.17, 15) is 43.8 Å². The van der Waals surface area contributed by atoms with Crippen LogP contribution in [0.1, 0.15) is 107 Å². The number of nitrogens with zero attached hydrogens (tertiary/aromatic N) is 2. The highest BCUT2D eigenvalue weighted by Crippen LogP contribution is 2.14. The summed E-state index contributed by atoms with van der Waals surface area (Å²) in [5.41, 5.74) is 3.42. The molecule has 0 aliphatic heterocycles. The van der Waals surface area contributed by atoms with Crippen LogP contribution in [0.25, 0.3) is 12.2 Å². The number of nitrogens with one attached hydrogen (secondary N) is 6. The van der Waals surface area contributed by atoms with Crippen molar-refractivity contribution in [3.8, 4) is 0 Å². The molecule has 3 atom stereocenters. The Morgan fingerprint density at radius 3 is 1.57 bits per heavy atom. The number of urea groups is 1. The summed E-state index contributed by atoms with van der Waals surface area (Å²) in [6.45, 7) is 2.37. The fraction of sp³-hybridized carbons (Fsp3) is 0.533. The minimum atomic E-state index is -1.50. The molecule has 2 aromatic rings. The van der Waals surface area contributed by atoms with Gasteiger partial charge in [-0.3, -0.25) is 14.4 Å². The van der Waals surface area contributed by atoms with Gasteiger partial charge in [0.05, 0.1) is 0 Å². The predicted molar refractivity (Wildman–Crippen MR) is 249 cm³/mol.